The van der Waals surface area contributed by atoms with Crippen LogP contribution in [0.2, 0.25) is 13.3 Å². The van der Waals surface area contributed by atoms with Crippen molar-refractivity contribution in [3.8, 4) is 0 Å². The summed E-state index contributed by atoms with van der Waals surface area (Å²) in [4.78, 5) is 13.2. The van der Waals surface area contributed by atoms with Gasteiger partial charge in [-0.05, 0) is 0 Å². The van der Waals surface area contributed by atoms with Crippen molar-refractivity contribution in [1.82, 2.24) is 0 Å². The molecule has 0 bridgehead atoms. The van der Waals surface area contributed by atoms with E-state index in [0.29, 0.717) is 21.7 Å². The Kier molecular flexibility index (Phi) is 12.9. The molecule has 0 heterocycles. The van der Waals surface area contributed by atoms with Crippen molar-refractivity contribution in [3.05, 3.63) is 35.9 Å². The van der Waals surface area contributed by atoms with Crippen LogP contribution in [0.1, 0.15) is 103 Å². The van der Waals surface area contributed by atoms with E-state index < -0.39 is 18.4 Å². The number of Topliss-reactive ketones (excluding diaryl/α,β-unsaturated/α-hetero) is 1. The first kappa shape index (κ1) is 27.9. The molecule has 0 aliphatic heterocycles. The fourth-order valence-corrected chi connectivity index (χ4v) is 25.4. The van der Waals surface area contributed by atoms with E-state index in [1.165, 1.54) is 63.8 Å². The van der Waals surface area contributed by atoms with E-state index in [4.69, 9.17) is 4.74 Å². The summed E-state index contributed by atoms with van der Waals surface area (Å²) < 4.78 is 11.3. The second kappa shape index (κ2) is 14.8. The molecule has 4 atom stereocenters. The van der Waals surface area contributed by atoms with Crippen LogP contribution in [0.15, 0.2) is 30.3 Å². The van der Waals surface area contributed by atoms with E-state index >= 15 is 0 Å². The van der Waals surface area contributed by atoms with Crippen LogP contribution in [0.25, 0.3) is 0 Å². The van der Waals surface area contributed by atoms with Crippen molar-refractivity contribution in [1.29, 1.82) is 0 Å². The van der Waals surface area contributed by atoms with Crippen LogP contribution >= 0.6 is 0 Å². The Labute approximate surface area is 203 Å². The first-order valence-electron chi connectivity index (χ1n) is 13.6. The maximum absolute atomic E-state index is 13.2. The number of benzene rings is 1. The van der Waals surface area contributed by atoms with Gasteiger partial charge in [-0.3, -0.25) is 0 Å². The first-order chi connectivity index (χ1) is 15.5. The summed E-state index contributed by atoms with van der Waals surface area (Å²) in [6.45, 7) is 9.47. The van der Waals surface area contributed by atoms with Crippen LogP contribution in [-0.2, 0) is 9.53 Å². The van der Waals surface area contributed by atoms with Crippen LogP contribution in [0, 0.1) is 11.8 Å². The standard InChI is InChI=1S/C17H23O2.3C4H9.Sn/c1-13(12-19-2)17(14-8-4-3-5-9-14)15-10-6-7-11-16(15)18;3*1-3-4-2;/h3-5,8-9,12-13,15,17H,6-7,10-11H2,1-2H3;3*1,3-4H2,2H3;/t13-,15+,17-;;;;/m0..../s1. The van der Waals surface area contributed by atoms with Crippen molar-refractivity contribution in [3.63, 3.8) is 0 Å². The first-order valence-corrected chi connectivity index (χ1v) is 21.3. The molecule has 1 saturated carbocycles. The number of carbonyl (C=O) groups is 1. The molecule has 3 heteroatoms. The van der Waals surface area contributed by atoms with Crippen LogP contribution in [0.3, 0.4) is 0 Å². The fourth-order valence-electron chi connectivity index (χ4n) is 6.57. The van der Waals surface area contributed by atoms with Crippen molar-refractivity contribution in [2.45, 2.75) is 115 Å². The number of ether oxygens (including phenoxy) is 1. The summed E-state index contributed by atoms with van der Waals surface area (Å²) in [5, 5.41) is 0. The molecule has 0 saturated heterocycles. The topological polar surface area (TPSA) is 26.3 Å². The Morgan fingerprint density at radius 3 is 1.97 bits per heavy atom. The predicted octanol–water partition coefficient (Wildman–Crippen LogP) is 8.57. The SMILES string of the molecule is CCC[CH2][Sn]([CH2]CCC)([CH2]CCC)[C@H](OC)[C@H](C)[C@@H](c1ccccc1)[C@@H]1CCCCC1=O. The molecule has 182 valence electrons. The summed E-state index contributed by atoms with van der Waals surface area (Å²) in [5.74, 6) is 1.39. The van der Waals surface area contributed by atoms with Crippen LogP contribution < -0.4 is 0 Å². The third-order valence-electron chi connectivity index (χ3n) is 8.21. The normalized spacial score (nSPS) is 20.2. The Balaban J connectivity index is 2.48. The molecule has 2 rings (SSSR count). The van der Waals surface area contributed by atoms with E-state index in [2.05, 4.69) is 58.0 Å². The minimum absolute atomic E-state index is 0.173. The molecular formula is C29H50O2Sn. The van der Waals surface area contributed by atoms with Gasteiger partial charge in [0.05, 0.1) is 0 Å². The third kappa shape index (κ3) is 7.32. The zero-order chi connectivity index (χ0) is 23.4. The number of carbonyl (C=O) groups excluding carboxylic acids is 1. The quantitative estimate of drug-likeness (QED) is 0.205. The van der Waals surface area contributed by atoms with Gasteiger partial charge in [0.25, 0.3) is 0 Å². The molecule has 0 N–H and O–H groups in total. The van der Waals surface area contributed by atoms with Gasteiger partial charge in [0.15, 0.2) is 0 Å². The Morgan fingerprint density at radius 1 is 0.938 bits per heavy atom. The van der Waals surface area contributed by atoms with Gasteiger partial charge in [0.1, 0.15) is 0 Å². The average Bonchev–Trinajstić information content (AvgIpc) is 2.82. The molecule has 0 radical (unpaired) electrons. The van der Waals surface area contributed by atoms with Crippen molar-refractivity contribution in [2.75, 3.05) is 7.11 Å². The number of methoxy groups -OCH3 is 1. The molecule has 0 unspecified atom stereocenters. The molecule has 32 heavy (non-hydrogen) atoms. The molecule has 0 amide bonds. The minimum atomic E-state index is -2.63. The molecule has 1 aliphatic rings. The zero-order valence-corrected chi connectivity index (χ0v) is 24.6. The summed E-state index contributed by atoms with van der Waals surface area (Å²) in [6.07, 6.45) is 12.0. The Morgan fingerprint density at radius 2 is 1.50 bits per heavy atom. The van der Waals surface area contributed by atoms with Crippen LogP contribution in [0.4, 0.5) is 0 Å². The van der Waals surface area contributed by atoms with E-state index in [9.17, 15) is 4.79 Å². The number of ketones is 1. The van der Waals surface area contributed by atoms with Gasteiger partial charge in [-0.1, -0.05) is 0 Å². The van der Waals surface area contributed by atoms with Gasteiger partial charge in [0.2, 0.25) is 0 Å². The van der Waals surface area contributed by atoms with Gasteiger partial charge in [-0.25, -0.2) is 0 Å². The molecule has 1 aromatic carbocycles. The molecule has 0 aromatic heterocycles. The Hall–Kier alpha value is -0.351. The zero-order valence-electron chi connectivity index (χ0n) is 21.7. The number of hydrogen-bond donors (Lipinski definition) is 0. The molecule has 2 nitrogen and oxygen atoms in total. The molecule has 0 spiro atoms. The summed E-state index contributed by atoms with van der Waals surface area (Å²) in [6, 6.07) is 11.0. The van der Waals surface area contributed by atoms with Gasteiger partial charge in [-0.15, -0.1) is 0 Å². The molecular weight excluding hydrogens is 499 g/mol. The predicted molar refractivity (Wildman–Crippen MR) is 141 cm³/mol. The third-order valence-corrected chi connectivity index (χ3v) is 25.4. The van der Waals surface area contributed by atoms with Crippen molar-refractivity contribution >= 4 is 24.2 Å². The van der Waals surface area contributed by atoms with Gasteiger partial charge < -0.3 is 0 Å². The maximum atomic E-state index is 13.2. The summed E-state index contributed by atoms with van der Waals surface area (Å²) >= 11 is -2.63. The van der Waals surface area contributed by atoms with Crippen molar-refractivity contribution < 1.29 is 9.53 Å². The molecule has 1 aromatic rings. The van der Waals surface area contributed by atoms with Crippen LogP contribution in [-0.4, -0.2) is 35.4 Å². The fraction of sp³-hybridized carbons (Fsp3) is 0.759. The summed E-state index contributed by atoms with van der Waals surface area (Å²) in [7, 11) is 1.99. The van der Waals surface area contributed by atoms with Gasteiger partial charge in [-0.2, -0.15) is 0 Å². The second-order valence-electron chi connectivity index (χ2n) is 10.4. The van der Waals surface area contributed by atoms with E-state index in [1.54, 1.807) is 0 Å². The molecule has 1 aliphatic carbocycles. The van der Waals surface area contributed by atoms with Crippen molar-refractivity contribution in [2.24, 2.45) is 11.8 Å². The molecule has 1 fully saturated rings. The van der Waals surface area contributed by atoms with Gasteiger partial charge in [0, 0.05) is 0 Å². The number of unbranched alkanes of at least 4 members (excludes halogenated alkanes) is 3. The second-order valence-corrected chi connectivity index (χ2v) is 24.1. The van der Waals surface area contributed by atoms with Gasteiger partial charge >= 0.3 is 204 Å². The number of hydrogen-bond acceptors (Lipinski definition) is 2. The summed E-state index contributed by atoms with van der Waals surface area (Å²) in [5.41, 5.74) is 1.36. The Bertz CT molecular complexity index is 622. The van der Waals surface area contributed by atoms with E-state index in [-0.39, 0.29) is 5.92 Å². The van der Waals surface area contributed by atoms with E-state index in [1.807, 2.05) is 7.11 Å². The average molecular weight is 549 g/mol. The monoisotopic (exact) mass is 550 g/mol. The number of rotatable bonds is 15. The van der Waals surface area contributed by atoms with Crippen LogP contribution in [0.5, 0.6) is 0 Å². The van der Waals surface area contributed by atoms with E-state index in [0.717, 1.165) is 19.3 Å².